The van der Waals surface area contributed by atoms with Gasteiger partial charge < -0.3 is 15.0 Å². The minimum absolute atomic E-state index is 0.101. The molecule has 1 fully saturated rings. The second kappa shape index (κ2) is 11.0. The standard InChI is InChI=1S/C28H32N2O3/c1-21(28(32)29-24-15-6-3-7-16-24)30(19-22-11-4-2-5-12-22)27(31)20-33-26-18-10-14-23-13-8-9-17-25(23)26/h2,4-5,8-14,17-18,21,24H,3,6-7,15-16,19-20H2,1H3,(H,29,32). The summed E-state index contributed by atoms with van der Waals surface area (Å²) < 4.78 is 5.96. The molecule has 2 amide bonds. The molecule has 0 heterocycles. The van der Waals surface area contributed by atoms with Gasteiger partial charge in [0.25, 0.3) is 5.91 Å². The number of hydrogen-bond acceptors (Lipinski definition) is 3. The molecule has 0 spiro atoms. The van der Waals surface area contributed by atoms with Gasteiger partial charge in [-0.1, -0.05) is 86.0 Å². The fourth-order valence-electron chi connectivity index (χ4n) is 4.48. The minimum atomic E-state index is -0.587. The third kappa shape index (κ3) is 5.92. The maximum Gasteiger partial charge on any atom is 0.261 e. The lowest BCUT2D eigenvalue weighted by Crippen LogP contribution is -2.51. The lowest BCUT2D eigenvalue weighted by Gasteiger charge is -2.31. The molecule has 5 heteroatoms. The van der Waals surface area contributed by atoms with Crippen molar-refractivity contribution in [2.75, 3.05) is 6.61 Å². The molecule has 3 aromatic rings. The second-order valence-electron chi connectivity index (χ2n) is 8.79. The second-order valence-corrected chi connectivity index (χ2v) is 8.79. The van der Waals surface area contributed by atoms with E-state index in [-0.39, 0.29) is 24.5 Å². The summed E-state index contributed by atoms with van der Waals surface area (Å²) in [6.45, 7) is 2.04. The molecule has 0 aromatic heterocycles. The Labute approximate surface area is 195 Å². The van der Waals surface area contributed by atoms with Crippen molar-refractivity contribution in [2.45, 2.75) is 57.7 Å². The first-order valence-corrected chi connectivity index (χ1v) is 11.9. The highest BCUT2D eigenvalue weighted by atomic mass is 16.5. The normalized spacial score (nSPS) is 15.1. The number of rotatable bonds is 8. The number of carbonyl (C=O) groups is 2. The van der Waals surface area contributed by atoms with E-state index in [0.717, 1.165) is 42.0 Å². The van der Waals surface area contributed by atoms with Gasteiger partial charge in [0.15, 0.2) is 6.61 Å². The lowest BCUT2D eigenvalue weighted by atomic mass is 9.95. The van der Waals surface area contributed by atoms with Crippen molar-refractivity contribution in [1.29, 1.82) is 0 Å². The number of hydrogen-bond donors (Lipinski definition) is 1. The first-order chi connectivity index (χ1) is 16.1. The van der Waals surface area contributed by atoms with Crippen LogP contribution in [0, 0.1) is 0 Å². The zero-order chi connectivity index (χ0) is 23.0. The van der Waals surface area contributed by atoms with E-state index in [1.807, 2.05) is 72.8 Å². The van der Waals surface area contributed by atoms with E-state index in [1.165, 1.54) is 6.42 Å². The Bertz CT molecular complexity index is 1070. The number of benzene rings is 3. The molecular formula is C28H32N2O3. The van der Waals surface area contributed by atoms with Crippen molar-refractivity contribution >= 4 is 22.6 Å². The van der Waals surface area contributed by atoms with E-state index in [4.69, 9.17) is 4.74 Å². The third-order valence-corrected chi connectivity index (χ3v) is 6.42. The molecule has 0 aliphatic heterocycles. The van der Waals surface area contributed by atoms with E-state index in [9.17, 15) is 9.59 Å². The average molecular weight is 445 g/mol. The van der Waals surface area contributed by atoms with Gasteiger partial charge in [0.05, 0.1) is 0 Å². The topological polar surface area (TPSA) is 58.6 Å². The Morgan fingerprint density at radius 3 is 2.42 bits per heavy atom. The van der Waals surface area contributed by atoms with Crippen LogP contribution >= 0.6 is 0 Å². The Kier molecular flexibility index (Phi) is 7.61. The zero-order valence-corrected chi connectivity index (χ0v) is 19.2. The molecule has 1 unspecified atom stereocenters. The van der Waals surface area contributed by atoms with Gasteiger partial charge in [-0.3, -0.25) is 9.59 Å². The molecule has 1 N–H and O–H groups in total. The van der Waals surface area contributed by atoms with Crippen molar-refractivity contribution in [2.24, 2.45) is 0 Å². The minimum Gasteiger partial charge on any atom is -0.483 e. The molecule has 5 nitrogen and oxygen atoms in total. The van der Waals surface area contributed by atoms with Crippen LogP contribution in [0.1, 0.15) is 44.6 Å². The number of fused-ring (bicyclic) bond motifs is 1. The number of nitrogens with one attached hydrogen (secondary N) is 1. The van der Waals surface area contributed by atoms with E-state index < -0.39 is 6.04 Å². The summed E-state index contributed by atoms with van der Waals surface area (Å²) in [6, 6.07) is 23.1. The maximum atomic E-state index is 13.3. The van der Waals surface area contributed by atoms with Crippen molar-refractivity contribution in [3.05, 3.63) is 78.4 Å². The highest BCUT2D eigenvalue weighted by Crippen LogP contribution is 2.25. The smallest absolute Gasteiger partial charge is 0.261 e. The van der Waals surface area contributed by atoms with Crippen LogP contribution in [0.2, 0.25) is 0 Å². The number of nitrogens with zero attached hydrogens (tertiary/aromatic N) is 1. The van der Waals surface area contributed by atoms with Crippen molar-refractivity contribution in [3.63, 3.8) is 0 Å². The van der Waals surface area contributed by atoms with Crippen LogP contribution in [0.4, 0.5) is 0 Å². The summed E-state index contributed by atoms with van der Waals surface area (Å²) in [7, 11) is 0. The van der Waals surface area contributed by atoms with Gasteiger partial charge in [0, 0.05) is 18.0 Å². The van der Waals surface area contributed by atoms with Crippen molar-refractivity contribution in [3.8, 4) is 5.75 Å². The monoisotopic (exact) mass is 444 g/mol. The van der Waals surface area contributed by atoms with E-state index >= 15 is 0 Å². The summed E-state index contributed by atoms with van der Waals surface area (Å²) in [6.07, 6.45) is 5.53. The van der Waals surface area contributed by atoms with Gasteiger partial charge in [0.1, 0.15) is 11.8 Å². The molecule has 172 valence electrons. The number of carbonyl (C=O) groups excluding carboxylic acids is 2. The van der Waals surface area contributed by atoms with E-state index in [2.05, 4.69) is 5.32 Å². The molecule has 0 radical (unpaired) electrons. The van der Waals surface area contributed by atoms with Crippen LogP contribution in [0.5, 0.6) is 5.75 Å². The summed E-state index contributed by atoms with van der Waals surface area (Å²) in [5.41, 5.74) is 0.980. The van der Waals surface area contributed by atoms with E-state index in [1.54, 1.807) is 11.8 Å². The van der Waals surface area contributed by atoms with Crippen LogP contribution in [-0.2, 0) is 16.1 Å². The fourth-order valence-corrected chi connectivity index (χ4v) is 4.48. The average Bonchev–Trinajstić information content (AvgIpc) is 2.86. The molecule has 1 aliphatic carbocycles. The van der Waals surface area contributed by atoms with Crippen LogP contribution in [-0.4, -0.2) is 35.4 Å². The molecule has 1 saturated carbocycles. The molecule has 0 bridgehead atoms. The van der Waals surface area contributed by atoms with Crippen molar-refractivity contribution in [1.82, 2.24) is 10.2 Å². The highest BCUT2D eigenvalue weighted by Gasteiger charge is 2.28. The molecule has 1 aliphatic rings. The number of amides is 2. The maximum absolute atomic E-state index is 13.3. The van der Waals surface area contributed by atoms with Crippen LogP contribution in [0.15, 0.2) is 72.8 Å². The van der Waals surface area contributed by atoms with Gasteiger partial charge in [-0.25, -0.2) is 0 Å². The molecule has 33 heavy (non-hydrogen) atoms. The van der Waals surface area contributed by atoms with Crippen LogP contribution in [0.25, 0.3) is 10.8 Å². The van der Waals surface area contributed by atoms with Crippen LogP contribution < -0.4 is 10.1 Å². The van der Waals surface area contributed by atoms with Gasteiger partial charge in [0.2, 0.25) is 5.91 Å². The van der Waals surface area contributed by atoms with Gasteiger partial charge >= 0.3 is 0 Å². The zero-order valence-electron chi connectivity index (χ0n) is 19.2. The van der Waals surface area contributed by atoms with Gasteiger partial charge in [-0.15, -0.1) is 0 Å². The molecular weight excluding hydrogens is 412 g/mol. The Morgan fingerprint density at radius 1 is 0.939 bits per heavy atom. The molecule has 1 atom stereocenters. The Morgan fingerprint density at radius 2 is 1.64 bits per heavy atom. The fraction of sp³-hybridized carbons (Fsp3) is 0.357. The predicted octanol–water partition coefficient (Wildman–Crippen LogP) is 5.08. The first-order valence-electron chi connectivity index (χ1n) is 11.9. The largest absolute Gasteiger partial charge is 0.483 e. The highest BCUT2D eigenvalue weighted by molar-refractivity contribution is 5.90. The summed E-state index contributed by atoms with van der Waals surface area (Å²) in [5.74, 6) is 0.356. The first kappa shape index (κ1) is 22.8. The molecule has 4 rings (SSSR count). The third-order valence-electron chi connectivity index (χ3n) is 6.42. The van der Waals surface area contributed by atoms with Gasteiger partial charge in [-0.2, -0.15) is 0 Å². The van der Waals surface area contributed by atoms with E-state index in [0.29, 0.717) is 12.3 Å². The molecule has 3 aromatic carbocycles. The Balaban J connectivity index is 1.48. The predicted molar refractivity (Wildman–Crippen MR) is 131 cm³/mol. The Hall–Kier alpha value is -3.34. The SMILES string of the molecule is CC(C(=O)NC1CCCCC1)N(Cc1ccccc1)C(=O)COc1cccc2ccccc12. The lowest BCUT2D eigenvalue weighted by molar-refractivity contribution is -0.142. The summed E-state index contributed by atoms with van der Waals surface area (Å²) in [5, 5.41) is 5.19. The number of ether oxygens (including phenoxy) is 1. The van der Waals surface area contributed by atoms with Gasteiger partial charge in [-0.05, 0) is 36.8 Å². The quantitative estimate of drug-likeness (QED) is 0.527. The molecule has 0 saturated heterocycles. The van der Waals surface area contributed by atoms with Crippen molar-refractivity contribution < 1.29 is 14.3 Å². The summed E-state index contributed by atoms with van der Waals surface area (Å²) in [4.78, 5) is 28.0. The summed E-state index contributed by atoms with van der Waals surface area (Å²) >= 11 is 0. The van der Waals surface area contributed by atoms with Crippen LogP contribution in [0.3, 0.4) is 0 Å².